The van der Waals surface area contributed by atoms with Crippen LogP contribution < -0.4 is 4.90 Å². The van der Waals surface area contributed by atoms with Crippen LogP contribution in [0.2, 0.25) is 0 Å². The number of nitro groups is 1. The number of rotatable bonds is 4. The fourth-order valence-electron chi connectivity index (χ4n) is 2.82. The van der Waals surface area contributed by atoms with Gasteiger partial charge in [-0.2, -0.15) is 0 Å². The number of hydrogen-bond donors (Lipinski definition) is 0. The lowest BCUT2D eigenvalue weighted by Gasteiger charge is -2.32. The molecule has 0 unspecified atom stereocenters. The molecule has 0 atom stereocenters. The third kappa shape index (κ3) is 3.48. The van der Waals surface area contributed by atoms with Crippen molar-refractivity contribution < 1.29 is 4.92 Å². The lowest BCUT2D eigenvalue weighted by molar-refractivity contribution is -0.385. The quantitative estimate of drug-likeness (QED) is 0.627. The maximum Gasteiger partial charge on any atom is 0.272 e. The molecule has 5 heteroatoms. The monoisotopic (exact) mass is 277 g/mol. The summed E-state index contributed by atoms with van der Waals surface area (Å²) < 4.78 is 0. The van der Waals surface area contributed by atoms with Gasteiger partial charge in [0.15, 0.2) is 0 Å². The molecule has 0 aromatic heterocycles. The molecule has 0 spiro atoms. The second kappa shape index (κ2) is 6.22. The van der Waals surface area contributed by atoms with E-state index < -0.39 is 0 Å². The summed E-state index contributed by atoms with van der Waals surface area (Å²) in [6, 6.07) is 5.36. The van der Waals surface area contributed by atoms with E-state index in [4.69, 9.17) is 0 Å². The van der Waals surface area contributed by atoms with E-state index in [1.165, 1.54) is 12.8 Å². The summed E-state index contributed by atoms with van der Waals surface area (Å²) >= 11 is 0. The van der Waals surface area contributed by atoms with Crippen molar-refractivity contribution in [3.05, 3.63) is 33.9 Å². The Bertz CT molecular complexity index is 482. The molecule has 0 radical (unpaired) electrons. The predicted octanol–water partition coefficient (Wildman–Crippen LogP) is 2.68. The molecule has 110 valence electrons. The summed E-state index contributed by atoms with van der Waals surface area (Å²) in [5, 5.41) is 10.8. The Morgan fingerprint density at radius 1 is 1.40 bits per heavy atom. The first kappa shape index (κ1) is 14.8. The van der Waals surface area contributed by atoms with E-state index in [9.17, 15) is 10.1 Å². The highest BCUT2D eigenvalue weighted by Crippen LogP contribution is 2.25. The molecule has 1 fully saturated rings. The normalized spacial score (nSPS) is 17.1. The van der Waals surface area contributed by atoms with Crippen molar-refractivity contribution in [2.75, 3.05) is 38.6 Å². The standard InChI is InChI=1S/C15H23N3O2/c1-12-10-14(4-5-15(12)18(19)20)17(3)11-13-6-8-16(2)9-7-13/h4-5,10,13H,6-9,11H2,1-3H3. The summed E-state index contributed by atoms with van der Waals surface area (Å²) in [4.78, 5) is 15.1. The molecule has 0 aliphatic carbocycles. The molecule has 5 nitrogen and oxygen atoms in total. The average Bonchev–Trinajstić information content (AvgIpc) is 2.40. The van der Waals surface area contributed by atoms with Crippen LogP contribution in [0.1, 0.15) is 18.4 Å². The molecule has 2 rings (SSSR count). The van der Waals surface area contributed by atoms with Crippen LogP contribution in [0.15, 0.2) is 18.2 Å². The van der Waals surface area contributed by atoms with E-state index in [-0.39, 0.29) is 10.6 Å². The van der Waals surface area contributed by atoms with Crippen LogP contribution in [0.5, 0.6) is 0 Å². The van der Waals surface area contributed by atoms with Crippen LogP contribution in [0.3, 0.4) is 0 Å². The highest BCUT2D eigenvalue weighted by molar-refractivity contribution is 5.54. The molecular weight excluding hydrogens is 254 g/mol. The molecule has 1 saturated heterocycles. The van der Waals surface area contributed by atoms with Gasteiger partial charge < -0.3 is 9.80 Å². The van der Waals surface area contributed by atoms with Gasteiger partial charge in [0.25, 0.3) is 5.69 Å². The molecule has 0 saturated carbocycles. The van der Waals surface area contributed by atoms with Crippen LogP contribution in [0.25, 0.3) is 0 Å². The van der Waals surface area contributed by atoms with Gasteiger partial charge in [0.05, 0.1) is 4.92 Å². The highest BCUT2D eigenvalue weighted by Gasteiger charge is 2.19. The number of anilines is 1. The van der Waals surface area contributed by atoms with Crippen LogP contribution in [-0.2, 0) is 0 Å². The number of aryl methyl sites for hydroxylation is 1. The first-order valence-corrected chi connectivity index (χ1v) is 7.12. The number of nitrogens with zero attached hydrogens (tertiary/aromatic N) is 3. The first-order chi connectivity index (χ1) is 9.47. The van der Waals surface area contributed by atoms with Gasteiger partial charge in [-0.25, -0.2) is 0 Å². The van der Waals surface area contributed by atoms with Gasteiger partial charge >= 0.3 is 0 Å². The van der Waals surface area contributed by atoms with E-state index in [0.717, 1.165) is 30.9 Å². The molecular formula is C15H23N3O2. The van der Waals surface area contributed by atoms with Gasteiger partial charge in [0.2, 0.25) is 0 Å². The number of likely N-dealkylation sites (tertiary alicyclic amines) is 1. The number of benzene rings is 1. The minimum absolute atomic E-state index is 0.196. The Morgan fingerprint density at radius 2 is 2.05 bits per heavy atom. The van der Waals surface area contributed by atoms with Crippen LogP contribution >= 0.6 is 0 Å². The first-order valence-electron chi connectivity index (χ1n) is 7.12. The van der Waals surface area contributed by atoms with E-state index >= 15 is 0 Å². The third-order valence-corrected chi connectivity index (χ3v) is 4.19. The molecule has 20 heavy (non-hydrogen) atoms. The molecule has 1 aromatic rings. The SMILES string of the molecule is Cc1cc(N(C)CC2CCN(C)CC2)ccc1[N+](=O)[O-]. The zero-order valence-electron chi connectivity index (χ0n) is 12.5. The molecule has 1 aromatic carbocycles. The summed E-state index contributed by atoms with van der Waals surface area (Å²) in [6.07, 6.45) is 2.46. The summed E-state index contributed by atoms with van der Waals surface area (Å²) in [6.45, 7) is 5.14. The lowest BCUT2D eigenvalue weighted by atomic mass is 9.96. The van der Waals surface area contributed by atoms with Crippen molar-refractivity contribution in [1.29, 1.82) is 0 Å². The van der Waals surface area contributed by atoms with E-state index in [2.05, 4.69) is 23.9 Å². The highest BCUT2D eigenvalue weighted by atomic mass is 16.6. The van der Waals surface area contributed by atoms with Gasteiger partial charge in [-0.15, -0.1) is 0 Å². The van der Waals surface area contributed by atoms with Crippen LogP contribution in [0.4, 0.5) is 11.4 Å². The zero-order chi connectivity index (χ0) is 14.7. The molecule has 1 aliphatic rings. The molecule has 0 amide bonds. The second-order valence-electron chi connectivity index (χ2n) is 5.86. The van der Waals surface area contributed by atoms with Crippen molar-refractivity contribution in [3.63, 3.8) is 0 Å². The molecule has 0 bridgehead atoms. The van der Waals surface area contributed by atoms with Gasteiger partial charge in [0, 0.05) is 30.9 Å². The minimum atomic E-state index is -0.323. The van der Waals surface area contributed by atoms with Crippen molar-refractivity contribution in [2.24, 2.45) is 5.92 Å². The molecule has 1 heterocycles. The predicted molar refractivity (Wildman–Crippen MR) is 81.3 cm³/mol. The van der Waals surface area contributed by atoms with Crippen LogP contribution in [0, 0.1) is 23.0 Å². The van der Waals surface area contributed by atoms with Crippen molar-refractivity contribution in [2.45, 2.75) is 19.8 Å². The largest absolute Gasteiger partial charge is 0.374 e. The lowest BCUT2D eigenvalue weighted by Crippen LogP contribution is -2.35. The Kier molecular flexibility index (Phi) is 4.60. The fraction of sp³-hybridized carbons (Fsp3) is 0.600. The van der Waals surface area contributed by atoms with Crippen molar-refractivity contribution >= 4 is 11.4 Å². The van der Waals surface area contributed by atoms with Gasteiger partial charge in [-0.05, 0) is 58.0 Å². The number of hydrogen-bond acceptors (Lipinski definition) is 4. The fourth-order valence-corrected chi connectivity index (χ4v) is 2.82. The van der Waals surface area contributed by atoms with Gasteiger partial charge in [-0.1, -0.05) is 0 Å². The Morgan fingerprint density at radius 3 is 2.60 bits per heavy atom. The van der Waals surface area contributed by atoms with E-state index in [1.54, 1.807) is 13.0 Å². The summed E-state index contributed by atoms with van der Waals surface area (Å²) in [7, 11) is 4.23. The van der Waals surface area contributed by atoms with E-state index in [1.807, 2.05) is 12.1 Å². The zero-order valence-corrected chi connectivity index (χ0v) is 12.5. The maximum absolute atomic E-state index is 10.8. The number of piperidine rings is 1. The minimum Gasteiger partial charge on any atom is -0.374 e. The van der Waals surface area contributed by atoms with Crippen molar-refractivity contribution in [3.8, 4) is 0 Å². The Balaban J connectivity index is 2.00. The number of nitro benzene ring substituents is 1. The van der Waals surface area contributed by atoms with Crippen molar-refractivity contribution in [1.82, 2.24) is 4.90 Å². The third-order valence-electron chi connectivity index (χ3n) is 4.19. The average molecular weight is 277 g/mol. The molecule has 1 aliphatic heterocycles. The Labute approximate surface area is 120 Å². The smallest absolute Gasteiger partial charge is 0.272 e. The van der Waals surface area contributed by atoms with Crippen LogP contribution in [-0.4, -0.2) is 43.6 Å². The molecule has 0 N–H and O–H groups in total. The summed E-state index contributed by atoms with van der Waals surface area (Å²) in [5.41, 5.74) is 1.98. The van der Waals surface area contributed by atoms with Gasteiger partial charge in [-0.3, -0.25) is 10.1 Å². The van der Waals surface area contributed by atoms with E-state index in [0.29, 0.717) is 5.92 Å². The van der Waals surface area contributed by atoms with Gasteiger partial charge in [0.1, 0.15) is 0 Å². The maximum atomic E-state index is 10.8. The summed E-state index contributed by atoms with van der Waals surface area (Å²) in [5.74, 6) is 0.715. The second-order valence-corrected chi connectivity index (χ2v) is 5.86. The Hall–Kier alpha value is -1.62. The topological polar surface area (TPSA) is 49.6 Å².